The van der Waals surface area contributed by atoms with E-state index in [1.807, 2.05) is 22.7 Å². The van der Waals surface area contributed by atoms with Crippen LogP contribution in [0, 0.1) is 0 Å². The molecule has 1 atom stereocenters. The Morgan fingerprint density at radius 3 is 2.96 bits per heavy atom. The molecule has 0 saturated heterocycles. The fraction of sp³-hybridized carbons (Fsp3) is 0.381. The van der Waals surface area contributed by atoms with Crippen molar-refractivity contribution in [1.29, 1.82) is 0 Å². The number of benzene rings is 2. The van der Waals surface area contributed by atoms with Crippen LogP contribution in [-0.4, -0.2) is 23.5 Å². The second kappa shape index (κ2) is 7.46. The molecule has 0 unspecified atom stereocenters. The molecular formula is C21H23NOS2. The van der Waals surface area contributed by atoms with Crippen LogP contribution >= 0.6 is 23.5 Å². The Hall–Kier alpha value is -1.39. The third-order valence-corrected chi connectivity index (χ3v) is 7.19. The van der Waals surface area contributed by atoms with Crippen molar-refractivity contribution >= 4 is 35.1 Å². The molecule has 130 valence electrons. The van der Waals surface area contributed by atoms with E-state index in [9.17, 15) is 4.79 Å². The van der Waals surface area contributed by atoms with Gasteiger partial charge < -0.3 is 4.90 Å². The van der Waals surface area contributed by atoms with Gasteiger partial charge in [0.25, 0.3) is 0 Å². The summed E-state index contributed by atoms with van der Waals surface area (Å²) in [5, 5.41) is 0.545. The Labute approximate surface area is 158 Å². The molecule has 0 radical (unpaired) electrons. The smallest absolute Gasteiger partial charge is 0.237 e. The summed E-state index contributed by atoms with van der Waals surface area (Å²) in [7, 11) is 0. The van der Waals surface area contributed by atoms with Crippen molar-refractivity contribution in [3.63, 3.8) is 0 Å². The van der Waals surface area contributed by atoms with Crippen LogP contribution in [0.2, 0.25) is 0 Å². The van der Waals surface area contributed by atoms with Crippen LogP contribution in [0.1, 0.15) is 30.9 Å². The highest BCUT2D eigenvalue weighted by molar-refractivity contribution is 8.00. The average molecular weight is 370 g/mol. The summed E-state index contributed by atoms with van der Waals surface area (Å²) >= 11 is 3.55. The van der Waals surface area contributed by atoms with Crippen molar-refractivity contribution in [3.05, 3.63) is 53.6 Å². The summed E-state index contributed by atoms with van der Waals surface area (Å²) in [5.41, 5.74) is 4.04. The number of anilines is 1. The molecule has 1 aliphatic heterocycles. The maximum absolute atomic E-state index is 12.9. The normalized spacial score (nSPS) is 19.2. The van der Waals surface area contributed by atoms with E-state index >= 15 is 0 Å². The Morgan fingerprint density at radius 2 is 2.04 bits per heavy atom. The van der Waals surface area contributed by atoms with E-state index in [0.29, 0.717) is 11.0 Å². The number of thioether (sulfide) groups is 2. The van der Waals surface area contributed by atoms with Gasteiger partial charge in [0.1, 0.15) is 0 Å². The van der Waals surface area contributed by atoms with Crippen molar-refractivity contribution in [2.45, 2.75) is 47.6 Å². The largest absolute Gasteiger partial charge is 0.311 e. The fourth-order valence-electron chi connectivity index (χ4n) is 3.61. The van der Waals surface area contributed by atoms with Crippen LogP contribution in [0.4, 0.5) is 5.69 Å². The van der Waals surface area contributed by atoms with E-state index in [2.05, 4.69) is 43.3 Å². The Morgan fingerprint density at radius 1 is 1.20 bits per heavy atom. The molecule has 0 N–H and O–H groups in total. The van der Waals surface area contributed by atoms with Gasteiger partial charge in [-0.05, 0) is 61.1 Å². The number of rotatable bonds is 3. The number of aryl methyl sites for hydroxylation is 2. The van der Waals surface area contributed by atoms with E-state index in [1.54, 1.807) is 11.8 Å². The first-order valence-electron chi connectivity index (χ1n) is 9.01. The maximum atomic E-state index is 12.9. The average Bonchev–Trinajstić information content (AvgIpc) is 3.02. The minimum Gasteiger partial charge on any atom is -0.311 e. The quantitative estimate of drug-likeness (QED) is 0.695. The van der Waals surface area contributed by atoms with Gasteiger partial charge in [-0.15, -0.1) is 23.5 Å². The lowest BCUT2D eigenvalue weighted by Crippen LogP contribution is -2.33. The topological polar surface area (TPSA) is 20.3 Å². The Balaban J connectivity index is 1.47. The molecule has 2 aromatic rings. The number of hydrogen-bond acceptors (Lipinski definition) is 3. The molecule has 2 nitrogen and oxygen atoms in total. The van der Waals surface area contributed by atoms with Gasteiger partial charge in [-0.1, -0.05) is 25.1 Å². The van der Waals surface area contributed by atoms with Gasteiger partial charge in [0.2, 0.25) is 5.91 Å². The SMILES string of the molecule is C[C@@H]1CCN(C(=O)CSc2ccc3c(c2)CCC3)c2ccccc2S1. The number of nitrogens with zero attached hydrogens (tertiary/aromatic N) is 1. The lowest BCUT2D eigenvalue weighted by atomic mass is 10.1. The van der Waals surface area contributed by atoms with E-state index in [-0.39, 0.29) is 5.91 Å². The number of fused-ring (bicyclic) bond motifs is 2. The molecule has 0 saturated carbocycles. The number of carbonyl (C=O) groups excluding carboxylic acids is 1. The van der Waals surface area contributed by atoms with E-state index in [4.69, 9.17) is 0 Å². The van der Waals surface area contributed by atoms with Crippen molar-refractivity contribution in [3.8, 4) is 0 Å². The highest BCUT2D eigenvalue weighted by atomic mass is 32.2. The maximum Gasteiger partial charge on any atom is 0.237 e. The molecule has 1 heterocycles. The van der Waals surface area contributed by atoms with Crippen molar-refractivity contribution in [2.24, 2.45) is 0 Å². The predicted molar refractivity (Wildman–Crippen MR) is 108 cm³/mol. The lowest BCUT2D eigenvalue weighted by Gasteiger charge is -2.22. The molecule has 4 heteroatoms. The number of hydrogen-bond donors (Lipinski definition) is 0. The summed E-state index contributed by atoms with van der Waals surface area (Å²) < 4.78 is 0. The molecule has 1 aliphatic carbocycles. The molecule has 0 bridgehead atoms. The molecule has 4 rings (SSSR count). The number of carbonyl (C=O) groups is 1. The zero-order valence-electron chi connectivity index (χ0n) is 14.5. The van der Waals surface area contributed by atoms with E-state index in [0.717, 1.165) is 18.7 Å². The summed E-state index contributed by atoms with van der Waals surface area (Å²) in [4.78, 5) is 17.4. The molecule has 1 amide bonds. The second-order valence-corrected chi connectivity index (χ2v) is 9.33. The van der Waals surface area contributed by atoms with Crippen LogP contribution in [-0.2, 0) is 17.6 Å². The minimum absolute atomic E-state index is 0.215. The van der Waals surface area contributed by atoms with Crippen LogP contribution in [0.5, 0.6) is 0 Å². The van der Waals surface area contributed by atoms with E-state index in [1.165, 1.54) is 40.2 Å². The first-order valence-corrected chi connectivity index (χ1v) is 10.9. The highest BCUT2D eigenvalue weighted by Crippen LogP contribution is 2.37. The monoisotopic (exact) mass is 369 g/mol. The van der Waals surface area contributed by atoms with Crippen molar-refractivity contribution < 1.29 is 4.79 Å². The Kier molecular flexibility index (Phi) is 5.09. The van der Waals surface area contributed by atoms with Gasteiger partial charge in [-0.2, -0.15) is 0 Å². The molecule has 25 heavy (non-hydrogen) atoms. The van der Waals surface area contributed by atoms with Crippen molar-refractivity contribution in [1.82, 2.24) is 0 Å². The summed E-state index contributed by atoms with van der Waals surface area (Å²) in [6, 6.07) is 15.0. The molecule has 0 spiro atoms. The standard InChI is InChI=1S/C21H23NOS2/c1-15-11-12-22(19-7-2-3-8-20(19)25-15)21(23)14-24-18-10-9-16-5-4-6-17(16)13-18/h2-3,7-10,13,15H,4-6,11-12,14H2,1H3/t15-/m1/s1. The molecule has 0 aromatic heterocycles. The van der Waals surface area contributed by atoms with Gasteiger partial charge in [-0.25, -0.2) is 0 Å². The van der Waals surface area contributed by atoms with Gasteiger partial charge in [-0.3, -0.25) is 4.79 Å². The van der Waals surface area contributed by atoms with Gasteiger partial charge in [0.05, 0.1) is 11.4 Å². The first-order chi connectivity index (χ1) is 12.2. The van der Waals surface area contributed by atoms with Gasteiger partial charge in [0, 0.05) is 21.6 Å². The second-order valence-electron chi connectivity index (χ2n) is 6.80. The minimum atomic E-state index is 0.215. The predicted octanol–water partition coefficient (Wildman–Crippen LogP) is 5.18. The third-order valence-electron chi connectivity index (χ3n) is 4.98. The van der Waals surface area contributed by atoms with Crippen LogP contribution in [0.3, 0.4) is 0 Å². The number of amides is 1. The number of para-hydroxylation sites is 1. The van der Waals surface area contributed by atoms with Gasteiger partial charge in [0.15, 0.2) is 0 Å². The van der Waals surface area contributed by atoms with Crippen LogP contribution in [0.15, 0.2) is 52.3 Å². The van der Waals surface area contributed by atoms with Crippen LogP contribution in [0.25, 0.3) is 0 Å². The molecule has 2 aliphatic rings. The highest BCUT2D eigenvalue weighted by Gasteiger charge is 2.24. The van der Waals surface area contributed by atoms with E-state index < -0.39 is 0 Å². The lowest BCUT2D eigenvalue weighted by molar-refractivity contribution is -0.116. The molecule has 0 fully saturated rings. The zero-order chi connectivity index (χ0) is 17.2. The summed E-state index contributed by atoms with van der Waals surface area (Å²) in [6.45, 7) is 3.06. The Bertz CT molecular complexity index is 789. The molecule has 2 aromatic carbocycles. The molecular weight excluding hydrogens is 346 g/mol. The van der Waals surface area contributed by atoms with Gasteiger partial charge >= 0.3 is 0 Å². The fourth-order valence-corrected chi connectivity index (χ4v) is 5.56. The zero-order valence-corrected chi connectivity index (χ0v) is 16.2. The first kappa shape index (κ1) is 17.0. The summed E-state index contributed by atoms with van der Waals surface area (Å²) in [5.74, 6) is 0.722. The van der Waals surface area contributed by atoms with Crippen molar-refractivity contribution in [2.75, 3.05) is 17.2 Å². The third kappa shape index (κ3) is 3.75. The summed E-state index contributed by atoms with van der Waals surface area (Å²) in [6.07, 6.45) is 4.70. The van der Waals surface area contributed by atoms with Crippen LogP contribution < -0.4 is 4.90 Å².